The number of para-hydroxylation sites is 1. The van der Waals surface area contributed by atoms with Crippen molar-refractivity contribution in [3.8, 4) is 0 Å². The molecular weight excluding hydrogens is 395 g/mol. The minimum absolute atomic E-state index is 0.101. The molecule has 1 unspecified atom stereocenters. The van der Waals surface area contributed by atoms with Gasteiger partial charge in [0.15, 0.2) is 0 Å². The summed E-state index contributed by atoms with van der Waals surface area (Å²) < 4.78 is 14.0. The molecule has 1 N–H and O–H groups in total. The van der Waals surface area contributed by atoms with Gasteiger partial charge < -0.3 is 15.1 Å². The Bertz CT molecular complexity index is 943. The van der Waals surface area contributed by atoms with Crippen LogP contribution < -0.4 is 10.2 Å². The molecular formula is C24H29FN4O2. The van der Waals surface area contributed by atoms with Gasteiger partial charge in [-0.25, -0.2) is 4.39 Å². The van der Waals surface area contributed by atoms with Crippen LogP contribution in [0.2, 0.25) is 0 Å². The van der Waals surface area contributed by atoms with Gasteiger partial charge in [-0.1, -0.05) is 36.4 Å². The molecule has 2 aromatic rings. The number of rotatable bonds is 6. The summed E-state index contributed by atoms with van der Waals surface area (Å²) in [6.07, 6.45) is 0.101. The first-order chi connectivity index (χ1) is 15.0. The Hall–Kier alpha value is -2.77. The first-order valence-corrected chi connectivity index (χ1v) is 10.8. The van der Waals surface area contributed by atoms with Crippen molar-refractivity contribution in [3.63, 3.8) is 0 Å². The fourth-order valence-electron chi connectivity index (χ4n) is 4.22. The third-order valence-corrected chi connectivity index (χ3v) is 6.10. The van der Waals surface area contributed by atoms with E-state index < -0.39 is 11.7 Å². The van der Waals surface area contributed by atoms with Gasteiger partial charge in [0.25, 0.3) is 0 Å². The number of piperazine rings is 1. The predicted molar refractivity (Wildman–Crippen MR) is 118 cm³/mol. The summed E-state index contributed by atoms with van der Waals surface area (Å²) in [4.78, 5) is 31.2. The topological polar surface area (TPSA) is 55.9 Å². The summed E-state index contributed by atoms with van der Waals surface area (Å²) in [7, 11) is 2.15. The fraction of sp³-hybridized carbons (Fsp3) is 0.417. The number of hydrogen-bond donors (Lipinski definition) is 1. The fourth-order valence-corrected chi connectivity index (χ4v) is 4.22. The highest BCUT2D eigenvalue weighted by molar-refractivity contribution is 6.00. The molecule has 2 fully saturated rings. The SMILES string of the molecule is CN1CCN(Cc2cccc(CNC(=O)C3CC(=O)N(c4ccccc4F)C3)c2)CC1. The van der Waals surface area contributed by atoms with Crippen molar-refractivity contribution in [2.45, 2.75) is 19.5 Å². The van der Waals surface area contributed by atoms with Crippen LogP contribution in [0.15, 0.2) is 48.5 Å². The van der Waals surface area contributed by atoms with E-state index in [2.05, 4.69) is 34.3 Å². The number of halogens is 1. The van der Waals surface area contributed by atoms with Crippen LogP contribution in [-0.4, -0.2) is 61.4 Å². The van der Waals surface area contributed by atoms with E-state index in [-0.39, 0.29) is 30.5 Å². The number of hydrogen-bond acceptors (Lipinski definition) is 4. The average molecular weight is 425 g/mol. The molecule has 0 aromatic heterocycles. The van der Waals surface area contributed by atoms with Gasteiger partial charge in [-0.15, -0.1) is 0 Å². The highest BCUT2D eigenvalue weighted by Crippen LogP contribution is 2.27. The minimum Gasteiger partial charge on any atom is -0.352 e. The van der Waals surface area contributed by atoms with E-state index in [4.69, 9.17) is 0 Å². The van der Waals surface area contributed by atoms with Crippen molar-refractivity contribution in [1.82, 2.24) is 15.1 Å². The summed E-state index contributed by atoms with van der Waals surface area (Å²) in [6.45, 7) is 5.82. The van der Waals surface area contributed by atoms with Crippen molar-refractivity contribution in [3.05, 3.63) is 65.5 Å². The van der Waals surface area contributed by atoms with Gasteiger partial charge in [-0.2, -0.15) is 0 Å². The van der Waals surface area contributed by atoms with Gasteiger partial charge in [0.2, 0.25) is 11.8 Å². The first kappa shape index (κ1) is 21.5. The number of nitrogens with zero attached hydrogens (tertiary/aromatic N) is 3. The lowest BCUT2D eigenvalue weighted by Crippen LogP contribution is -2.43. The summed E-state index contributed by atoms with van der Waals surface area (Å²) in [5.41, 5.74) is 2.51. The molecule has 164 valence electrons. The number of benzene rings is 2. The summed E-state index contributed by atoms with van der Waals surface area (Å²) in [5, 5.41) is 2.95. The highest BCUT2D eigenvalue weighted by atomic mass is 19.1. The van der Waals surface area contributed by atoms with Crippen LogP contribution in [0, 0.1) is 11.7 Å². The van der Waals surface area contributed by atoms with Gasteiger partial charge in [-0.3, -0.25) is 14.5 Å². The summed E-state index contributed by atoms with van der Waals surface area (Å²) in [6, 6.07) is 14.4. The lowest BCUT2D eigenvalue weighted by Gasteiger charge is -2.32. The Kier molecular flexibility index (Phi) is 6.63. The smallest absolute Gasteiger partial charge is 0.227 e. The van der Waals surface area contributed by atoms with Crippen molar-refractivity contribution < 1.29 is 14.0 Å². The van der Waals surface area contributed by atoms with Crippen molar-refractivity contribution in [2.24, 2.45) is 5.92 Å². The maximum Gasteiger partial charge on any atom is 0.227 e. The molecule has 0 radical (unpaired) electrons. The summed E-state index contributed by atoms with van der Waals surface area (Å²) >= 11 is 0. The third-order valence-electron chi connectivity index (χ3n) is 6.10. The first-order valence-electron chi connectivity index (χ1n) is 10.8. The van der Waals surface area contributed by atoms with Crippen LogP contribution >= 0.6 is 0 Å². The maximum atomic E-state index is 14.0. The predicted octanol–water partition coefficient (Wildman–Crippen LogP) is 2.24. The molecule has 2 aromatic carbocycles. The molecule has 0 aliphatic carbocycles. The van der Waals surface area contributed by atoms with E-state index in [1.807, 2.05) is 12.1 Å². The molecule has 7 heteroatoms. The minimum atomic E-state index is -0.472. The molecule has 0 spiro atoms. The van der Waals surface area contributed by atoms with Crippen molar-refractivity contribution in [2.75, 3.05) is 44.7 Å². The third kappa shape index (κ3) is 5.29. The van der Waals surface area contributed by atoms with Crippen molar-refractivity contribution >= 4 is 17.5 Å². The lowest BCUT2D eigenvalue weighted by atomic mass is 10.1. The van der Waals surface area contributed by atoms with E-state index in [9.17, 15) is 14.0 Å². The Balaban J connectivity index is 1.31. The molecule has 2 aliphatic rings. The van der Waals surface area contributed by atoms with Gasteiger partial charge in [-0.05, 0) is 30.3 Å². The van der Waals surface area contributed by atoms with Crippen LogP contribution in [0.1, 0.15) is 17.5 Å². The number of anilines is 1. The molecule has 6 nitrogen and oxygen atoms in total. The zero-order valence-corrected chi connectivity index (χ0v) is 17.9. The second-order valence-corrected chi connectivity index (χ2v) is 8.47. The molecule has 1 atom stereocenters. The monoisotopic (exact) mass is 424 g/mol. The number of amides is 2. The van der Waals surface area contributed by atoms with Crippen LogP contribution in [0.4, 0.5) is 10.1 Å². The molecule has 2 saturated heterocycles. The Morgan fingerprint density at radius 1 is 1.06 bits per heavy atom. The Labute approximate surface area is 182 Å². The van der Waals surface area contributed by atoms with Crippen LogP contribution in [0.5, 0.6) is 0 Å². The number of likely N-dealkylation sites (N-methyl/N-ethyl adjacent to an activating group) is 1. The zero-order chi connectivity index (χ0) is 21.8. The summed E-state index contributed by atoms with van der Waals surface area (Å²) in [5.74, 6) is -1.31. The molecule has 31 heavy (non-hydrogen) atoms. The zero-order valence-electron chi connectivity index (χ0n) is 17.9. The number of carbonyl (C=O) groups is 2. The molecule has 2 heterocycles. The van der Waals surface area contributed by atoms with E-state index in [0.717, 1.165) is 38.3 Å². The quantitative estimate of drug-likeness (QED) is 0.773. The lowest BCUT2D eigenvalue weighted by molar-refractivity contribution is -0.126. The standard InChI is InChI=1S/C24H29FN4O2/c1-27-9-11-28(12-10-27)16-19-6-4-5-18(13-19)15-26-24(31)20-14-23(30)29(17-20)22-8-3-2-7-21(22)25/h2-8,13,20H,9-12,14-17H2,1H3,(H,26,31). The van der Waals surface area contributed by atoms with E-state index >= 15 is 0 Å². The largest absolute Gasteiger partial charge is 0.352 e. The van der Waals surface area contributed by atoms with E-state index in [1.54, 1.807) is 18.2 Å². The second kappa shape index (κ2) is 9.58. The molecule has 0 bridgehead atoms. The molecule has 4 rings (SSSR count). The molecule has 0 saturated carbocycles. The Morgan fingerprint density at radius 3 is 2.58 bits per heavy atom. The van der Waals surface area contributed by atoms with Gasteiger partial charge in [0.1, 0.15) is 5.82 Å². The normalized spacial score (nSPS) is 20.3. The Morgan fingerprint density at radius 2 is 1.81 bits per heavy atom. The number of carbonyl (C=O) groups excluding carboxylic acids is 2. The molecule has 2 amide bonds. The van der Waals surface area contributed by atoms with Gasteiger partial charge in [0.05, 0.1) is 11.6 Å². The van der Waals surface area contributed by atoms with Crippen LogP contribution in [-0.2, 0) is 22.7 Å². The van der Waals surface area contributed by atoms with Crippen LogP contribution in [0.25, 0.3) is 0 Å². The molecule has 2 aliphatic heterocycles. The van der Waals surface area contributed by atoms with Gasteiger partial charge in [0, 0.05) is 52.2 Å². The van der Waals surface area contributed by atoms with Gasteiger partial charge >= 0.3 is 0 Å². The van der Waals surface area contributed by atoms with Crippen LogP contribution in [0.3, 0.4) is 0 Å². The van der Waals surface area contributed by atoms with E-state index in [0.29, 0.717) is 6.54 Å². The highest BCUT2D eigenvalue weighted by Gasteiger charge is 2.36. The van der Waals surface area contributed by atoms with E-state index in [1.165, 1.54) is 16.5 Å². The maximum absolute atomic E-state index is 14.0. The average Bonchev–Trinajstić information content (AvgIpc) is 3.16. The number of nitrogens with one attached hydrogen (secondary N) is 1. The van der Waals surface area contributed by atoms with Crippen molar-refractivity contribution in [1.29, 1.82) is 0 Å². The second-order valence-electron chi connectivity index (χ2n) is 8.47.